The number of rotatable bonds is 4. The van der Waals surface area contributed by atoms with Gasteiger partial charge in [-0.1, -0.05) is 44.7 Å². The quantitative estimate of drug-likeness (QED) is 0.917. The largest absolute Gasteiger partial charge is 0.311 e. The van der Waals surface area contributed by atoms with E-state index < -0.39 is 0 Å². The first-order chi connectivity index (χ1) is 10.3. The lowest BCUT2D eigenvalue weighted by atomic mass is 9.73. The molecule has 0 spiro atoms. The third kappa shape index (κ3) is 2.93. The maximum atomic E-state index is 4.87. The topological polar surface area (TPSA) is 37.8 Å². The van der Waals surface area contributed by atoms with Gasteiger partial charge in [0.25, 0.3) is 0 Å². The van der Waals surface area contributed by atoms with Crippen LogP contribution in [0.3, 0.4) is 0 Å². The molecule has 112 valence electrons. The van der Waals surface area contributed by atoms with Crippen LogP contribution in [-0.2, 0) is 0 Å². The minimum absolute atomic E-state index is 0.326. The van der Waals surface area contributed by atoms with Crippen LogP contribution in [-0.4, -0.2) is 17.0 Å². The highest BCUT2D eigenvalue weighted by atomic mass is 14.9. The van der Waals surface area contributed by atoms with Crippen LogP contribution in [0.15, 0.2) is 30.5 Å². The van der Waals surface area contributed by atoms with Crippen LogP contribution < -0.4 is 5.32 Å². The van der Waals surface area contributed by atoms with Crippen LogP contribution in [0.2, 0.25) is 0 Å². The predicted molar refractivity (Wildman–Crippen MR) is 87.1 cm³/mol. The van der Waals surface area contributed by atoms with Crippen molar-refractivity contribution in [3.63, 3.8) is 0 Å². The van der Waals surface area contributed by atoms with Gasteiger partial charge in [0.1, 0.15) is 0 Å². The Kier molecular flexibility index (Phi) is 4.49. The summed E-state index contributed by atoms with van der Waals surface area (Å²) in [6.07, 6.45) is 8.63. The summed E-state index contributed by atoms with van der Waals surface area (Å²) in [5.41, 5.74) is 3.08. The molecule has 2 aromatic rings. The number of benzene rings is 1. The highest BCUT2D eigenvalue weighted by molar-refractivity contribution is 5.73. The van der Waals surface area contributed by atoms with Gasteiger partial charge >= 0.3 is 0 Å². The predicted octanol–water partition coefficient (Wildman–Crippen LogP) is 4.11. The van der Waals surface area contributed by atoms with Gasteiger partial charge in [-0.25, -0.2) is 4.98 Å². The van der Waals surface area contributed by atoms with Crippen LogP contribution in [0.25, 0.3) is 11.0 Å². The average molecular weight is 283 g/mol. The second kappa shape index (κ2) is 6.52. The van der Waals surface area contributed by atoms with Crippen molar-refractivity contribution in [3.05, 3.63) is 36.2 Å². The molecule has 1 fully saturated rings. The number of nitrogens with zero attached hydrogens (tertiary/aromatic N) is 2. The summed E-state index contributed by atoms with van der Waals surface area (Å²) in [5.74, 6) is 1.49. The van der Waals surface area contributed by atoms with E-state index in [1.165, 1.54) is 32.1 Å². The Balaban J connectivity index is 1.93. The van der Waals surface area contributed by atoms with E-state index in [0.717, 1.165) is 22.6 Å². The first-order valence-corrected chi connectivity index (χ1v) is 8.22. The van der Waals surface area contributed by atoms with E-state index in [1.807, 2.05) is 24.4 Å². The fourth-order valence-corrected chi connectivity index (χ4v) is 3.88. The molecule has 3 heteroatoms. The second-order valence-electron chi connectivity index (χ2n) is 6.17. The molecule has 1 aliphatic carbocycles. The van der Waals surface area contributed by atoms with E-state index >= 15 is 0 Å². The molecule has 0 amide bonds. The van der Waals surface area contributed by atoms with Crippen molar-refractivity contribution in [2.24, 2.45) is 11.8 Å². The van der Waals surface area contributed by atoms with E-state index in [2.05, 4.69) is 30.3 Å². The smallest absolute Gasteiger partial charge is 0.0890 e. The molecule has 0 bridgehead atoms. The Morgan fingerprint density at radius 2 is 1.95 bits per heavy atom. The van der Waals surface area contributed by atoms with Gasteiger partial charge in [0, 0.05) is 0 Å². The zero-order valence-electron chi connectivity index (χ0n) is 13.0. The van der Waals surface area contributed by atoms with E-state index in [4.69, 9.17) is 4.98 Å². The molecule has 1 saturated carbocycles. The Morgan fingerprint density at radius 1 is 1.19 bits per heavy atom. The monoisotopic (exact) mass is 283 g/mol. The fourth-order valence-electron chi connectivity index (χ4n) is 3.88. The van der Waals surface area contributed by atoms with Crippen LogP contribution in [0.1, 0.15) is 50.8 Å². The first-order valence-electron chi connectivity index (χ1n) is 8.22. The molecule has 3 unspecified atom stereocenters. The van der Waals surface area contributed by atoms with Crippen molar-refractivity contribution in [3.8, 4) is 0 Å². The van der Waals surface area contributed by atoms with E-state index in [1.54, 1.807) is 0 Å². The minimum atomic E-state index is 0.326. The van der Waals surface area contributed by atoms with Crippen molar-refractivity contribution in [2.75, 3.05) is 7.05 Å². The molecule has 1 aromatic heterocycles. The number of hydrogen-bond acceptors (Lipinski definition) is 3. The van der Waals surface area contributed by atoms with Gasteiger partial charge in [-0.05, 0) is 37.4 Å². The van der Waals surface area contributed by atoms with Crippen LogP contribution >= 0.6 is 0 Å². The maximum absolute atomic E-state index is 4.87. The van der Waals surface area contributed by atoms with Gasteiger partial charge in [0.15, 0.2) is 0 Å². The molecule has 1 aliphatic rings. The molecule has 3 atom stereocenters. The van der Waals surface area contributed by atoms with Gasteiger partial charge in [0.05, 0.1) is 29.0 Å². The van der Waals surface area contributed by atoms with Crippen molar-refractivity contribution in [1.82, 2.24) is 15.3 Å². The molecule has 1 N–H and O–H groups in total. The van der Waals surface area contributed by atoms with Crippen LogP contribution in [0.5, 0.6) is 0 Å². The Bertz CT molecular complexity index is 596. The molecule has 0 saturated heterocycles. The molecular weight excluding hydrogens is 258 g/mol. The van der Waals surface area contributed by atoms with Crippen molar-refractivity contribution in [2.45, 2.75) is 45.1 Å². The number of nitrogens with one attached hydrogen (secondary N) is 1. The zero-order valence-corrected chi connectivity index (χ0v) is 13.0. The Hall–Kier alpha value is -1.48. The minimum Gasteiger partial charge on any atom is -0.311 e. The molecule has 21 heavy (non-hydrogen) atoms. The third-order valence-electron chi connectivity index (χ3n) is 5.02. The van der Waals surface area contributed by atoms with Crippen LogP contribution in [0, 0.1) is 11.8 Å². The molecule has 3 nitrogen and oxygen atoms in total. The summed E-state index contributed by atoms with van der Waals surface area (Å²) in [6, 6.07) is 8.45. The lowest BCUT2D eigenvalue weighted by Gasteiger charge is -2.36. The zero-order chi connectivity index (χ0) is 14.7. The van der Waals surface area contributed by atoms with E-state index in [-0.39, 0.29) is 0 Å². The second-order valence-corrected chi connectivity index (χ2v) is 6.17. The lowest BCUT2D eigenvalue weighted by Crippen LogP contribution is -2.33. The van der Waals surface area contributed by atoms with E-state index in [9.17, 15) is 0 Å². The van der Waals surface area contributed by atoms with E-state index in [0.29, 0.717) is 12.0 Å². The summed E-state index contributed by atoms with van der Waals surface area (Å²) < 4.78 is 0. The summed E-state index contributed by atoms with van der Waals surface area (Å²) in [7, 11) is 2.06. The Morgan fingerprint density at radius 3 is 2.71 bits per heavy atom. The normalized spacial score (nSPS) is 24.1. The Labute approximate surface area is 127 Å². The SMILES string of the molecule is CCC1CCCCC1C(NC)c1cnc2ccccc2n1. The summed E-state index contributed by atoms with van der Waals surface area (Å²) in [5, 5.41) is 3.51. The summed E-state index contributed by atoms with van der Waals surface area (Å²) >= 11 is 0. The van der Waals surface area contributed by atoms with Crippen molar-refractivity contribution < 1.29 is 0 Å². The molecule has 1 heterocycles. The number of hydrogen-bond donors (Lipinski definition) is 1. The van der Waals surface area contributed by atoms with Gasteiger partial charge in [0.2, 0.25) is 0 Å². The number of aromatic nitrogens is 2. The van der Waals surface area contributed by atoms with Crippen molar-refractivity contribution in [1.29, 1.82) is 0 Å². The fraction of sp³-hybridized carbons (Fsp3) is 0.556. The lowest BCUT2D eigenvalue weighted by molar-refractivity contribution is 0.178. The molecule has 1 aromatic carbocycles. The third-order valence-corrected chi connectivity index (χ3v) is 5.02. The molecule has 0 aliphatic heterocycles. The van der Waals surface area contributed by atoms with Gasteiger partial charge in [-0.3, -0.25) is 4.98 Å². The number of para-hydroxylation sites is 2. The first kappa shape index (κ1) is 14.5. The highest BCUT2D eigenvalue weighted by Crippen LogP contribution is 2.39. The molecule has 0 radical (unpaired) electrons. The van der Waals surface area contributed by atoms with Gasteiger partial charge < -0.3 is 5.32 Å². The average Bonchev–Trinajstić information content (AvgIpc) is 2.56. The molecule has 3 rings (SSSR count). The standard InChI is InChI=1S/C18H25N3/c1-3-13-8-4-5-9-14(13)18(19-2)17-12-20-15-10-6-7-11-16(15)21-17/h6-7,10-14,18-19H,3-5,8-9H2,1-2H3. The maximum Gasteiger partial charge on any atom is 0.0890 e. The summed E-state index contributed by atoms with van der Waals surface area (Å²) in [4.78, 5) is 9.46. The van der Waals surface area contributed by atoms with Crippen molar-refractivity contribution >= 4 is 11.0 Å². The highest BCUT2D eigenvalue weighted by Gasteiger charge is 2.31. The van der Waals surface area contributed by atoms with Crippen LogP contribution in [0.4, 0.5) is 0 Å². The number of fused-ring (bicyclic) bond motifs is 1. The molecular formula is C18H25N3. The van der Waals surface area contributed by atoms with Gasteiger partial charge in [-0.2, -0.15) is 0 Å². The summed E-state index contributed by atoms with van der Waals surface area (Å²) in [6.45, 7) is 2.32. The van der Waals surface area contributed by atoms with Gasteiger partial charge in [-0.15, -0.1) is 0 Å².